The van der Waals surface area contributed by atoms with Gasteiger partial charge < -0.3 is 14.2 Å². The van der Waals surface area contributed by atoms with Crippen molar-refractivity contribution in [3.05, 3.63) is 41.8 Å². The highest BCUT2D eigenvalue weighted by Gasteiger charge is 2.19. The van der Waals surface area contributed by atoms with Crippen molar-refractivity contribution in [3.8, 4) is 11.3 Å². The second-order valence-electron chi connectivity index (χ2n) is 4.86. The van der Waals surface area contributed by atoms with Gasteiger partial charge in [0.2, 0.25) is 5.91 Å². The molecule has 0 bridgehead atoms. The second-order valence-corrected chi connectivity index (χ2v) is 4.86. The van der Waals surface area contributed by atoms with Crippen LogP contribution in [0.2, 0.25) is 0 Å². The first-order valence-corrected chi connectivity index (χ1v) is 6.79. The molecule has 0 N–H and O–H groups in total. The molecule has 1 aliphatic rings. The fourth-order valence-electron chi connectivity index (χ4n) is 2.22. The van der Waals surface area contributed by atoms with Crippen LogP contribution in [0, 0.1) is 5.82 Å². The molecule has 0 unspecified atom stereocenters. The Labute approximate surface area is 121 Å². The molecule has 0 spiro atoms. The van der Waals surface area contributed by atoms with E-state index < -0.39 is 0 Å². The Morgan fingerprint density at radius 3 is 2.67 bits per heavy atom. The van der Waals surface area contributed by atoms with Crippen molar-refractivity contribution in [2.24, 2.45) is 0 Å². The van der Waals surface area contributed by atoms with Crippen LogP contribution in [-0.2, 0) is 16.0 Å². The Morgan fingerprint density at radius 2 is 1.95 bits per heavy atom. The van der Waals surface area contributed by atoms with Gasteiger partial charge in [0.25, 0.3) is 0 Å². The maximum Gasteiger partial charge on any atom is 0.228 e. The van der Waals surface area contributed by atoms with Gasteiger partial charge in [0, 0.05) is 24.7 Å². The summed E-state index contributed by atoms with van der Waals surface area (Å²) in [5, 5.41) is 3.90. The number of rotatable bonds is 3. The predicted octanol–water partition coefficient (Wildman–Crippen LogP) is 1.88. The molecule has 3 rings (SSSR count). The largest absolute Gasteiger partial charge is 0.378 e. The minimum absolute atomic E-state index is 0.0113. The van der Waals surface area contributed by atoms with Crippen molar-refractivity contribution >= 4 is 5.91 Å². The van der Waals surface area contributed by atoms with Crippen LogP contribution < -0.4 is 0 Å². The smallest absolute Gasteiger partial charge is 0.228 e. The number of nitrogens with zero attached hydrogens (tertiary/aromatic N) is 2. The Bertz CT molecular complexity index is 618. The van der Waals surface area contributed by atoms with Crippen molar-refractivity contribution in [3.63, 3.8) is 0 Å². The SMILES string of the molecule is O=C(Cc1cc(-c2ccc(F)cc2)on1)N1CCOCC1. The normalized spacial score (nSPS) is 15.2. The van der Waals surface area contributed by atoms with E-state index in [1.807, 2.05) is 0 Å². The Morgan fingerprint density at radius 1 is 1.24 bits per heavy atom. The number of halogens is 1. The zero-order valence-electron chi connectivity index (χ0n) is 11.4. The average molecular weight is 290 g/mol. The molecule has 0 saturated carbocycles. The topological polar surface area (TPSA) is 55.6 Å². The van der Waals surface area contributed by atoms with E-state index in [1.165, 1.54) is 12.1 Å². The van der Waals surface area contributed by atoms with Gasteiger partial charge in [-0.25, -0.2) is 4.39 Å². The first kappa shape index (κ1) is 13.8. The molecule has 0 aliphatic carbocycles. The number of amides is 1. The second kappa shape index (κ2) is 6.05. The van der Waals surface area contributed by atoms with Gasteiger partial charge in [0.05, 0.1) is 25.3 Å². The summed E-state index contributed by atoms with van der Waals surface area (Å²) in [5.41, 5.74) is 1.31. The highest BCUT2D eigenvalue weighted by atomic mass is 19.1. The van der Waals surface area contributed by atoms with E-state index in [2.05, 4.69) is 5.16 Å². The number of ether oxygens (including phenoxy) is 1. The molecule has 1 aromatic carbocycles. The van der Waals surface area contributed by atoms with Gasteiger partial charge >= 0.3 is 0 Å². The first-order chi connectivity index (χ1) is 10.2. The molecule has 0 radical (unpaired) electrons. The van der Waals surface area contributed by atoms with Crippen LogP contribution in [0.25, 0.3) is 11.3 Å². The molecule has 1 aromatic heterocycles. The quantitative estimate of drug-likeness (QED) is 0.866. The summed E-state index contributed by atoms with van der Waals surface area (Å²) in [6.07, 6.45) is 0.199. The van der Waals surface area contributed by atoms with Crippen LogP contribution in [0.3, 0.4) is 0 Å². The molecule has 2 heterocycles. The zero-order valence-corrected chi connectivity index (χ0v) is 11.4. The third-order valence-corrected chi connectivity index (χ3v) is 3.38. The number of morpholine rings is 1. The molecule has 1 amide bonds. The van der Waals surface area contributed by atoms with Gasteiger partial charge in [-0.15, -0.1) is 0 Å². The van der Waals surface area contributed by atoms with E-state index in [0.717, 1.165) is 5.56 Å². The van der Waals surface area contributed by atoms with E-state index in [0.29, 0.717) is 37.8 Å². The Balaban J connectivity index is 1.67. The van der Waals surface area contributed by atoms with Crippen LogP contribution in [0.15, 0.2) is 34.9 Å². The molecular formula is C15H15FN2O3. The third-order valence-electron chi connectivity index (χ3n) is 3.38. The lowest BCUT2D eigenvalue weighted by molar-refractivity contribution is -0.134. The van der Waals surface area contributed by atoms with Crippen molar-refractivity contribution < 1.29 is 18.4 Å². The number of benzene rings is 1. The zero-order chi connectivity index (χ0) is 14.7. The van der Waals surface area contributed by atoms with Crippen LogP contribution in [-0.4, -0.2) is 42.3 Å². The summed E-state index contributed by atoms with van der Waals surface area (Å²) in [7, 11) is 0. The van der Waals surface area contributed by atoms with Gasteiger partial charge in [-0.05, 0) is 24.3 Å². The predicted molar refractivity (Wildman–Crippen MR) is 73.0 cm³/mol. The summed E-state index contributed by atoms with van der Waals surface area (Å²) in [6.45, 7) is 2.37. The van der Waals surface area contributed by atoms with Crippen LogP contribution in [0.5, 0.6) is 0 Å². The van der Waals surface area contributed by atoms with E-state index in [1.54, 1.807) is 23.1 Å². The molecule has 1 fully saturated rings. The van der Waals surface area contributed by atoms with Gasteiger partial charge in [-0.3, -0.25) is 4.79 Å². The molecule has 1 aliphatic heterocycles. The maximum atomic E-state index is 12.9. The summed E-state index contributed by atoms with van der Waals surface area (Å²) in [6, 6.07) is 7.66. The number of hydrogen-bond donors (Lipinski definition) is 0. The van der Waals surface area contributed by atoms with Crippen LogP contribution in [0.1, 0.15) is 5.69 Å². The average Bonchev–Trinajstić information content (AvgIpc) is 2.97. The highest BCUT2D eigenvalue weighted by molar-refractivity contribution is 5.78. The van der Waals surface area contributed by atoms with Crippen LogP contribution in [0.4, 0.5) is 4.39 Å². The molecule has 6 heteroatoms. The maximum absolute atomic E-state index is 12.9. The number of carbonyl (C=O) groups excluding carboxylic acids is 1. The lowest BCUT2D eigenvalue weighted by Gasteiger charge is -2.26. The van der Waals surface area contributed by atoms with Crippen molar-refractivity contribution in [1.82, 2.24) is 10.1 Å². The Hall–Kier alpha value is -2.21. The molecule has 5 nitrogen and oxygen atoms in total. The monoisotopic (exact) mass is 290 g/mol. The van der Waals surface area contributed by atoms with Gasteiger partial charge in [0.1, 0.15) is 5.82 Å². The van der Waals surface area contributed by atoms with E-state index in [9.17, 15) is 9.18 Å². The van der Waals surface area contributed by atoms with E-state index >= 15 is 0 Å². The summed E-state index contributed by atoms with van der Waals surface area (Å²) in [5.74, 6) is 0.234. The molecule has 1 saturated heterocycles. The highest BCUT2D eigenvalue weighted by Crippen LogP contribution is 2.21. The standard InChI is InChI=1S/C15H15FN2O3/c16-12-3-1-11(2-4-12)14-9-13(17-21-14)10-15(19)18-5-7-20-8-6-18/h1-4,9H,5-8,10H2. The summed E-state index contributed by atoms with van der Waals surface area (Å²) >= 11 is 0. The lowest BCUT2D eigenvalue weighted by Crippen LogP contribution is -2.41. The molecule has 2 aromatic rings. The van der Waals surface area contributed by atoms with E-state index in [-0.39, 0.29) is 18.1 Å². The fraction of sp³-hybridized carbons (Fsp3) is 0.333. The van der Waals surface area contributed by atoms with Crippen molar-refractivity contribution in [2.45, 2.75) is 6.42 Å². The van der Waals surface area contributed by atoms with Gasteiger partial charge in [-0.2, -0.15) is 0 Å². The first-order valence-electron chi connectivity index (χ1n) is 6.79. The minimum atomic E-state index is -0.305. The fourth-order valence-corrected chi connectivity index (χ4v) is 2.22. The third kappa shape index (κ3) is 3.28. The molecular weight excluding hydrogens is 275 g/mol. The summed E-state index contributed by atoms with van der Waals surface area (Å²) < 4.78 is 23.3. The van der Waals surface area contributed by atoms with Crippen molar-refractivity contribution in [1.29, 1.82) is 0 Å². The number of aromatic nitrogens is 1. The van der Waals surface area contributed by atoms with E-state index in [4.69, 9.17) is 9.26 Å². The Kier molecular flexibility index (Phi) is 3.96. The lowest BCUT2D eigenvalue weighted by atomic mass is 10.1. The molecule has 110 valence electrons. The summed E-state index contributed by atoms with van der Waals surface area (Å²) in [4.78, 5) is 13.9. The van der Waals surface area contributed by atoms with Gasteiger partial charge in [-0.1, -0.05) is 5.16 Å². The molecule has 21 heavy (non-hydrogen) atoms. The van der Waals surface area contributed by atoms with Crippen molar-refractivity contribution in [2.75, 3.05) is 26.3 Å². The van der Waals surface area contributed by atoms with Gasteiger partial charge in [0.15, 0.2) is 5.76 Å². The molecule has 0 atom stereocenters. The van der Waals surface area contributed by atoms with Crippen LogP contribution >= 0.6 is 0 Å². The number of carbonyl (C=O) groups is 1. The number of hydrogen-bond acceptors (Lipinski definition) is 4. The minimum Gasteiger partial charge on any atom is -0.378 e.